The van der Waals surface area contributed by atoms with Crippen molar-refractivity contribution in [3.63, 3.8) is 0 Å². The molecule has 0 saturated carbocycles. The summed E-state index contributed by atoms with van der Waals surface area (Å²) in [5.41, 5.74) is 2.21. The minimum Gasteiger partial charge on any atom is -0.481 e. The molecule has 4 aliphatic heterocycles. The SMILES string of the molecule is COC(=O)C1=C(CN2CCN3C(=O)N(c4cc(F)cc(N5CCOC(CCC(=O)O)C5)c4)CC3C2)NC(c2nccs2)=NC1c1ccc(F)cc1Cl. The summed E-state index contributed by atoms with van der Waals surface area (Å²) in [5, 5.41) is 14.9. The maximum absolute atomic E-state index is 15.1. The van der Waals surface area contributed by atoms with Gasteiger partial charge in [0.05, 0.1) is 37.1 Å². The Kier molecular flexibility index (Phi) is 10.4. The van der Waals surface area contributed by atoms with E-state index in [1.807, 2.05) is 10.3 Å². The number of carbonyl (C=O) groups excluding carboxylic acids is 2. The summed E-state index contributed by atoms with van der Waals surface area (Å²) < 4.78 is 40.1. The van der Waals surface area contributed by atoms with Crippen LogP contribution >= 0.6 is 22.9 Å². The molecule has 0 spiro atoms. The zero-order valence-electron chi connectivity index (χ0n) is 28.1. The Morgan fingerprint density at radius 2 is 1.92 bits per heavy atom. The molecule has 4 aliphatic rings. The highest BCUT2D eigenvalue weighted by Gasteiger charge is 2.43. The van der Waals surface area contributed by atoms with Crippen LogP contribution < -0.4 is 15.1 Å². The lowest BCUT2D eigenvalue weighted by molar-refractivity contribution is -0.138. The molecule has 2 amide bonds. The molecule has 0 aliphatic carbocycles. The van der Waals surface area contributed by atoms with E-state index in [1.54, 1.807) is 22.1 Å². The number of carbonyl (C=O) groups is 3. The fourth-order valence-electron chi connectivity index (χ4n) is 7.13. The number of amides is 2. The van der Waals surface area contributed by atoms with Gasteiger partial charge in [0, 0.05) is 85.8 Å². The summed E-state index contributed by atoms with van der Waals surface area (Å²) >= 11 is 7.86. The molecule has 3 fully saturated rings. The van der Waals surface area contributed by atoms with E-state index in [0.29, 0.717) is 85.8 Å². The lowest BCUT2D eigenvalue weighted by Gasteiger charge is -2.38. The number of hydrogen-bond donors (Lipinski definition) is 2. The van der Waals surface area contributed by atoms with Crippen LogP contribution in [0, 0.1) is 11.6 Å². The number of urea groups is 1. The van der Waals surface area contributed by atoms with Crippen molar-refractivity contribution in [2.45, 2.75) is 31.0 Å². The second-order valence-electron chi connectivity index (χ2n) is 12.9. The van der Waals surface area contributed by atoms with Gasteiger partial charge in [-0.15, -0.1) is 11.3 Å². The lowest BCUT2D eigenvalue weighted by Crippen LogP contribution is -2.53. The number of benzene rings is 2. The molecule has 13 nitrogen and oxygen atoms in total. The van der Waals surface area contributed by atoms with Crippen molar-refractivity contribution in [2.24, 2.45) is 4.99 Å². The minimum atomic E-state index is -0.902. The van der Waals surface area contributed by atoms with Crippen LogP contribution in [0.2, 0.25) is 5.02 Å². The zero-order chi connectivity index (χ0) is 36.5. The summed E-state index contributed by atoms with van der Waals surface area (Å²) in [6.07, 6.45) is 1.67. The van der Waals surface area contributed by atoms with Crippen molar-refractivity contribution in [1.29, 1.82) is 0 Å². The van der Waals surface area contributed by atoms with Crippen molar-refractivity contribution in [1.82, 2.24) is 20.1 Å². The molecule has 2 N–H and O–H groups in total. The third kappa shape index (κ3) is 7.46. The number of carboxylic acid groups (broad SMARTS) is 1. The van der Waals surface area contributed by atoms with Gasteiger partial charge in [0.1, 0.15) is 17.7 Å². The van der Waals surface area contributed by atoms with Gasteiger partial charge in [-0.25, -0.2) is 23.4 Å². The third-order valence-corrected chi connectivity index (χ3v) is 10.7. The predicted molar refractivity (Wildman–Crippen MR) is 190 cm³/mol. The second-order valence-corrected chi connectivity index (χ2v) is 14.2. The fraction of sp³-hybridized carbons (Fsp3) is 0.400. The van der Waals surface area contributed by atoms with Gasteiger partial charge >= 0.3 is 18.0 Å². The molecule has 3 aromatic rings. The molecular weight excluding hydrogens is 720 g/mol. The maximum Gasteiger partial charge on any atom is 0.338 e. The van der Waals surface area contributed by atoms with E-state index in [0.717, 1.165) is 0 Å². The van der Waals surface area contributed by atoms with E-state index in [4.69, 9.17) is 31.2 Å². The Bertz CT molecular complexity index is 1930. The monoisotopic (exact) mass is 755 g/mol. The van der Waals surface area contributed by atoms with Gasteiger partial charge < -0.3 is 29.7 Å². The Labute approximate surface area is 307 Å². The van der Waals surface area contributed by atoms with Crippen LogP contribution in [0.4, 0.5) is 25.0 Å². The van der Waals surface area contributed by atoms with E-state index in [-0.39, 0.29) is 41.7 Å². The normalized spacial score (nSPS) is 22.3. The first-order valence-electron chi connectivity index (χ1n) is 16.8. The number of ether oxygens (including phenoxy) is 2. The van der Waals surface area contributed by atoms with Crippen molar-refractivity contribution < 1.29 is 37.7 Å². The van der Waals surface area contributed by atoms with Gasteiger partial charge in [0.25, 0.3) is 0 Å². The van der Waals surface area contributed by atoms with Crippen molar-refractivity contribution in [3.8, 4) is 0 Å². The third-order valence-electron chi connectivity index (χ3n) is 9.60. The van der Waals surface area contributed by atoms with Crippen LogP contribution in [-0.4, -0.2) is 115 Å². The van der Waals surface area contributed by atoms with Gasteiger partial charge in [-0.2, -0.15) is 0 Å². The number of aliphatic carboxylic acids is 1. The molecule has 3 atom stereocenters. The number of fused-ring (bicyclic) bond motifs is 1. The van der Waals surface area contributed by atoms with Gasteiger partial charge in [0.15, 0.2) is 10.8 Å². The molecule has 1 aromatic heterocycles. The highest BCUT2D eigenvalue weighted by atomic mass is 35.5. The summed E-state index contributed by atoms with van der Waals surface area (Å²) in [7, 11) is 1.28. The second kappa shape index (κ2) is 15.1. The number of carboxylic acids is 1. The average molecular weight is 756 g/mol. The summed E-state index contributed by atoms with van der Waals surface area (Å²) in [4.78, 5) is 54.8. The first-order valence-corrected chi connectivity index (χ1v) is 18.0. The van der Waals surface area contributed by atoms with Crippen molar-refractivity contribution in [3.05, 3.63) is 86.5 Å². The average Bonchev–Trinajstić information content (AvgIpc) is 3.78. The molecule has 3 saturated heterocycles. The number of hydrogen-bond acceptors (Lipinski definition) is 11. The van der Waals surface area contributed by atoms with Gasteiger partial charge in [-0.3, -0.25) is 19.6 Å². The number of nitrogens with zero attached hydrogens (tertiary/aromatic N) is 6. The number of aliphatic imine (C=N–C) groups is 1. The molecule has 7 rings (SSSR count). The van der Waals surface area contributed by atoms with Crippen LogP contribution in [0.5, 0.6) is 0 Å². The first kappa shape index (κ1) is 35.7. The van der Waals surface area contributed by atoms with Crippen LogP contribution in [0.25, 0.3) is 0 Å². The zero-order valence-corrected chi connectivity index (χ0v) is 29.7. The number of nitrogens with one attached hydrogen (secondary N) is 1. The van der Waals surface area contributed by atoms with Gasteiger partial charge in [0.2, 0.25) is 0 Å². The van der Waals surface area contributed by atoms with Crippen LogP contribution in [0.3, 0.4) is 0 Å². The molecule has 5 heterocycles. The standard InChI is InChI=1S/C35H36ClF2N7O6S/c1-50-34(48)30-28(40-32(33-39-6-11-52-33)41-31(30)26-4-2-20(37)14-27(26)36)19-42-7-8-44-24(16-42)17-45(35(44)49)23-13-21(38)12-22(15-23)43-9-10-51-25(18-43)3-5-29(46)47/h2,4,6,11-15,24-25,31H,3,5,7-10,16-19H2,1H3,(H,40,41)(H,46,47). The molecule has 2 aromatic carbocycles. The van der Waals surface area contributed by atoms with Crippen LogP contribution in [-0.2, 0) is 19.1 Å². The van der Waals surface area contributed by atoms with Gasteiger partial charge in [-0.05, 0) is 36.8 Å². The number of morpholine rings is 1. The largest absolute Gasteiger partial charge is 0.481 e. The molecule has 0 radical (unpaired) electrons. The molecule has 0 bridgehead atoms. The van der Waals surface area contributed by atoms with E-state index in [9.17, 15) is 18.8 Å². The van der Waals surface area contributed by atoms with Crippen LogP contribution in [0.1, 0.15) is 29.5 Å². The number of methoxy groups -OCH3 is 1. The van der Waals surface area contributed by atoms with Crippen LogP contribution in [0.15, 0.2) is 64.2 Å². The Balaban J connectivity index is 1.11. The topological polar surface area (TPSA) is 140 Å². The van der Waals surface area contributed by atoms with E-state index in [1.165, 1.54) is 48.8 Å². The number of halogens is 3. The lowest BCUT2D eigenvalue weighted by atomic mass is 9.95. The predicted octanol–water partition coefficient (Wildman–Crippen LogP) is 4.29. The Morgan fingerprint density at radius 3 is 2.67 bits per heavy atom. The molecule has 274 valence electrons. The number of amidine groups is 1. The Hall–Kier alpha value is -4.64. The highest BCUT2D eigenvalue weighted by molar-refractivity contribution is 7.11. The fourth-order valence-corrected chi connectivity index (χ4v) is 7.99. The highest BCUT2D eigenvalue weighted by Crippen LogP contribution is 2.37. The number of esters is 1. The number of thiazole rings is 1. The molecule has 3 unspecified atom stereocenters. The number of aromatic nitrogens is 1. The number of piperazine rings is 1. The summed E-state index contributed by atoms with van der Waals surface area (Å²) in [6.45, 7) is 3.23. The number of anilines is 2. The maximum atomic E-state index is 15.1. The smallest absolute Gasteiger partial charge is 0.338 e. The number of rotatable bonds is 10. The molecule has 52 heavy (non-hydrogen) atoms. The van der Waals surface area contributed by atoms with Crippen molar-refractivity contribution in [2.75, 3.05) is 69.3 Å². The quantitative estimate of drug-likeness (QED) is 0.288. The van der Waals surface area contributed by atoms with E-state index >= 15 is 4.39 Å². The Morgan fingerprint density at radius 1 is 1.10 bits per heavy atom. The molecule has 17 heteroatoms. The van der Waals surface area contributed by atoms with E-state index < -0.39 is 29.6 Å². The summed E-state index contributed by atoms with van der Waals surface area (Å²) in [5.74, 6) is -2.10. The van der Waals surface area contributed by atoms with E-state index in [2.05, 4.69) is 15.2 Å². The first-order chi connectivity index (χ1) is 25.1. The molecular formula is C35H36ClF2N7O6S. The van der Waals surface area contributed by atoms with Gasteiger partial charge in [-0.1, -0.05) is 17.7 Å². The summed E-state index contributed by atoms with van der Waals surface area (Å²) in [6, 6.07) is 7.14. The van der Waals surface area contributed by atoms with Crippen molar-refractivity contribution >= 4 is 58.1 Å². The minimum absolute atomic E-state index is 0.0233.